The van der Waals surface area contributed by atoms with Crippen LogP contribution in [0.15, 0.2) is 41.8 Å². The van der Waals surface area contributed by atoms with E-state index in [9.17, 15) is 14.4 Å². The number of Topliss-reactive ketones (excluding diaryl/α,β-unsaturated/α-hetero) is 1. The van der Waals surface area contributed by atoms with Crippen LogP contribution in [0.5, 0.6) is 0 Å². The summed E-state index contributed by atoms with van der Waals surface area (Å²) in [6.45, 7) is 3.56. The van der Waals surface area contributed by atoms with Crippen molar-refractivity contribution >= 4 is 34.7 Å². The Balaban J connectivity index is 1.77. The normalized spacial score (nSPS) is 11.6. The predicted molar refractivity (Wildman–Crippen MR) is 97.9 cm³/mol. The molecule has 5 nitrogen and oxygen atoms in total. The molecule has 0 aliphatic heterocycles. The highest BCUT2D eigenvalue weighted by Gasteiger charge is 2.19. The van der Waals surface area contributed by atoms with Gasteiger partial charge in [-0.25, -0.2) is 0 Å². The van der Waals surface area contributed by atoms with Crippen LogP contribution in [-0.2, 0) is 20.7 Å². The van der Waals surface area contributed by atoms with Crippen molar-refractivity contribution in [3.63, 3.8) is 0 Å². The maximum absolute atomic E-state index is 12.1. The topological polar surface area (TPSA) is 72.5 Å². The van der Waals surface area contributed by atoms with Gasteiger partial charge in [-0.2, -0.15) is 0 Å². The molecule has 0 fully saturated rings. The minimum absolute atomic E-state index is 0.0421. The minimum atomic E-state index is -0.921. The summed E-state index contributed by atoms with van der Waals surface area (Å²) in [5.74, 6) is -1.06. The molecule has 0 bridgehead atoms. The Morgan fingerprint density at radius 1 is 1.12 bits per heavy atom. The van der Waals surface area contributed by atoms with Crippen molar-refractivity contribution < 1.29 is 19.1 Å². The Bertz CT molecular complexity index is 722. The summed E-state index contributed by atoms with van der Waals surface area (Å²) in [6.07, 6.45) is 0.0354. The summed E-state index contributed by atoms with van der Waals surface area (Å²) in [5.41, 5.74) is 1.82. The van der Waals surface area contributed by atoms with Crippen LogP contribution in [0.2, 0.25) is 0 Å². The highest BCUT2D eigenvalue weighted by Crippen LogP contribution is 2.14. The fourth-order valence-corrected chi connectivity index (χ4v) is 2.85. The van der Waals surface area contributed by atoms with Gasteiger partial charge in [0, 0.05) is 12.1 Å². The minimum Gasteiger partial charge on any atom is -0.453 e. The lowest BCUT2D eigenvalue weighted by Gasteiger charge is -2.13. The first kappa shape index (κ1) is 18.9. The zero-order valence-corrected chi connectivity index (χ0v) is 15.1. The number of hydrogen-bond acceptors (Lipinski definition) is 5. The summed E-state index contributed by atoms with van der Waals surface area (Å²) in [5, 5.41) is 4.51. The van der Waals surface area contributed by atoms with Crippen molar-refractivity contribution in [2.75, 3.05) is 5.32 Å². The number of carbonyl (C=O) groups is 3. The standard InChI is InChI=1S/C19H21NO4S/c1-3-14-6-8-15(9-7-14)20-19(23)13(2)24-18(22)11-10-16(21)17-5-4-12-25-17/h4-9,12-13H,3,10-11H2,1-2H3,(H,20,23). The number of ether oxygens (including phenoxy) is 1. The molecule has 1 aromatic carbocycles. The quantitative estimate of drug-likeness (QED) is 0.574. The summed E-state index contributed by atoms with van der Waals surface area (Å²) in [4.78, 5) is 36.4. The van der Waals surface area contributed by atoms with Crippen LogP contribution in [0.3, 0.4) is 0 Å². The largest absolute Gasteiger partial charge is 0.453 e. The van der Waals surface area contributed by atoms with E-state index in [2.05, 4.69) is 12.2 Å². The van der Waals surface area contributed by atoms with Gasteiger partial charge >= 0.3 is 5.97 Å². The van der Waals surface area contributed by atoms with Crippen molar-refractivity contribution in [3.8, 4) is 0 Å². The summed E-state index contributed by atoms with van der Waals surface area (Å²) >= 11 is 1.34. The molecule has 1 amide bonds. The van der Waals surface area contributed by atoms with Crippen molar-refractivity contribution in [3.05, 3.63) is 52.2 Å². The number of thiophene rings is 1. The van der Waals surface area contributed by atoms with Gasteiger partial charge in [0.2, 0.25) is 0 Å². The average molecular weight is 359 g/mol. The Labute approximate surface area is 151 Å². The first-order valence-electron chi connectivity index (χ1n) is 8.15. The molecule has 1 unspecified atom stereocenters. The maximum Gasteiger partial charge on any atom is 0.307 e. The number of esters is 1. The number of nitrogens with one attached hydrogen (secondary N) is 1. The fraction of sp³-hybridized carbons (Fsp3) is 0.316. The number of rotatable bonds is 8. The van der Waals surface area contributed by atoms with Crippen LogP contribution < -0.4 is 5.32 Å². The van der Waals surface area contributed by atoms with E-state index in [4.69, 9.17) is 4.74 Å². The second kappa shape index (κ2) is 9.13. The third kappa shape index (κ3) is 5.83. The molecule has 0 spiro atoms. The Morgan fingerprint density at radius 2 is 1.84 bits per heavy atom. The molecule has 25 heavy (non-hydrogen) atoms. The number of hydrogen-bond donors (Lipinski definition) is 1. The zero-order chi connectivity index (χ0) is 18.2. The third-order valence-corrected chi connectivity index (χ3v) is 4.57. The van der Waals surface area contributed by atoms with Crippen LogP contribution >= 0.6 is 11.3 Å². The van der Waals surface area contributed by atoms with Gasteiger partial charge in [0.25, 0.3) is 5.91 Å². The summed E-state index contributed by atoms with van der Waals surface area (Å²) in [7, 11) is 0. The van der Waals surface area contributed by atoms with Crippen LogP contribution in [0.25, 0.3) is 0 Å². The first-order valence-corrected chi connectivity index (χ1v) is 9.03. The van der Waals surface area contributed by atoms with Crippen LogP contribution in [0, 0.1) is 0 Å². The summed E-state index contributed by atoms with van der Waals surface area (Å²) in [6, 6.07) is 11.0. The molecule has 132 valence electrons. The Morgan fingerprint density at radius 3 is 2.44 bits per heavy atom. The van der Waals surface area contributed by atoms with E-state index in [0.717, 1.165) is 6.42 Å². The van der Waals surface area contributed by atoms with Crippen LogP contribution in [0.1, 0.15) is 41.9 Å². The number of carbonyl (C=O) groups excluding carboxylic acids is 3. The zero-order valence-electron chi connectivity index (χ0n) is 14.3. The van der Waals surface area contributed by atoms with Crippen molar-refractivity contribution in [1.29, 1.82) is 0 Å². The predicted octanol–water partition coefficient (Wildman–Crippen LogP) is 3.84. The number of anilines is 1. The van der Waals surface area contributed by atoms with E-state index < -0.39 is 18.0 Å². The number of amides is 1. The lowest BCUT2D eigenvalue weighted by atomic mass is 10.1. The van der Waals surface area contributed by atoms with E-state index in [-0.39, 0.29) is 18.6 Å². The van der Waals surface area contributed by atoms with Gasteiger partial charge in [-0.05, 0) is 42.5 Å². The highest BCUT2D eigenvalue weighted by molar-refractivity contribution is 7.12. The average Bonchev–Trinajstić information content (AvgIpc) is 3.15. The van der Waals surface area contributed by atoms with E-state index in [0.29, 0.717) is 10.6 Å². The second-order valence-electron chi connectivity index (χ2n) is 5.57. The van der Waals surface area contributed by atoms with Crippen LogP contribution in [-0.4, -0.2) is 23.8 Å². The highest BCUT2D eigenvalue weighted by atomic mass is 32.1. The number of benzene rings is 1. The fourth-order valence-electron chi connectivity index (χ4n) is 2.15. The number of aryl methyl sites for hydroxylation is 1. The van der Waals surface area contributed by atoms with Crippen LogP contribution in [0.4, 0.5) is 5.69 Å². The smallest absolute Gasteiger partial charge is 0.307 e. The van der Waals surface area contributed by atoms with E-state index in [1.54, 1.807) is 12.1 Å². The van der Waals surface area contributed by atoms with Gasteiger partial charge in [0.15, 0.2) is 11.9 Å². The van der Waals surface area contributed by atoms with Gasteiger partial charge < -0.3 is 10.1 Å². The molecule has 1 N–H and O–H groups in total. The molecule has 1 heterocycles. The third-order valence-electron chi connectivity index (χ3n) is 3.66. The SMILES string of the molecule is CCc1ccc(NC(=O)C(C)OC(=O)CCC(=O)c2cccs2)cc1. The Kier molecular flexibility index (Phi) is 6.89. The molecule has 0 aliphatic rings. The van der Waals surface area contributed by atoms with Crippen molar-refractivity contribution in [2.45, 2.75) is 39.2 Å². The molecule has 0 saturated carbocycles. The van der Waals surface area contributed by atoms with Crippen molar-refractivity contribution in [2.24, 2.45) is 0 Å². The molecule has 6 heteroatoms. The van der Waals surface area contributed by atoms with Gasteiger partial charge in [-0.15, -0.1) is 11.3 Å². The number of ketones is 1. The monoisotopic (exact) mass is 359 g/mol. The Hall–Kier alpha value is -2.47. The molecular weight excluding hydrogens is 338 g/mol. The molecule has 0 aliphatic carbocycles. The molecule has 2 aromatic rings. The van der Waals surface area contributed by atoms with Gasteiger partial charge in [0.1, 0.15) is 0 Å². The molecular formula is C19H21NO4S. The van der Waals surface area contributed by atoms with Gasteiger partial charge in [-0.3, -0.25) is 14.4 Å². The lowest BCUT2D eigenvalue weighted by molar-refractivity contribution is -0.153. The molecule has 1 atom stereocenters. The molecule has 0 radical (unpaired) electrons. The van der Waals surface area contributed by atoms with Gasteiger partial charge in [0.05, 0.1) is 11.3 Å². The maximum atomic E-state index is 12.1. The van der Waals surface area contributed by atoms with Gasteiger partial charge in [-0.1, -0.05) is 25.1 Å². The lowest BCUT2D eigenvalue weighted by Crippen LogP contribution is -2.30. The molecule has 1 aromatic heterocycles. The molecule has 2 rings (SSSR count). The molecule has 0 saturated heterocycles. The van der Waals surface area contributed by atoms with E-state index in [1.807, 2.05) is 29.6 Å². The first-order chi connectivity index (χ1) is 12.0. The van der Waals surface area contributed by atoms with E-state index >= 15 is 0 Å². The van der Waals surface area contributed by atoms with Crippen molar-refractivity contribution in [1.82, 2.24) is 0 Å². The summed E-state index contributed by atoms with van der Waals surface area (Å²) < 4.78 is 5.10. The van der Waals surface area contributed by atoms with E-state index in [1.165, 1.54) is 23.8 Å². The second-order valence-corrected chi connectivity index (χ2v) is 6.52.